The van der Waals surface area contributed by atoms with Crippen LogP contribution >= 0.6 is 0 Å². The molecule has 0 aliphatic heterocycles. The predicted octanol–water partition coefficient (Wildman–Crippen LogP) is 8.88. The summed E-state index contributed by atoms with van der Waals surface area (Å²) in [5.41, 5.74) is 0. The van der Waals surface area contributed by atoms with Crippen molar-refractivity contribution in [2.24, 2.45) is 0 Å². The van der Waals surface area contributed by atoms with Crippen molar-refractivity contribution in [1.29, 1.82) is 0 Å². The van der Waals surface area contributed by atoms with Crippen LogP contribution in [0, 0.1) is 0 Å². The van der Waals surface area contributed by atoms with E-state index in [1.807, 2.05) is 0 Å². The van der Waals surface area contributed by atoms with Crippen LogP contribution in [0.2, 0.25) is 11.6 Å². The molecule has 2 saturated carbocycles. The molecule has 2 aliphatic carbocycles. The molecule has 0 saturated heterocycles. The molecule has 0 heterocycles. The Morgan fingerprint density at radius 3 is 0.720 bits per heavy atom. The highest BCUT2D eigenvalue weighted by Gasteiger charge is 2.18. The summed E-state index contributed by atoms with van der Waals surface area (Å²) >= 11 is 0. The van der Waals surface area contributed by atoms with Crippen molar-refractivity contribution in [2.75, 3.05) is 0 Å². The predicted molar refractivity (Wildman–Crippen MR) is 115 cm³/mol. The monoisotopic (exact) mass is 345 g/mol. The third-order valence-electron chi connectivity index (χ3n) is 6.84. The first-order valence-corrected chi connectivity index (χ1v) is 12.3. The summed E-state index contributed by atoms with van der Waals surface area (Å²) in [5, 5.41) is 0. The Morgan fingerprint density at radius 2 is 0.480 bits per heavy atom. The van der Waals surface area contributed by atoms with Crippen LogP contribution in [0.25, 0.3) is 0 Å². The molecule has 2 aliphatic rings. The van der Waals surface area contributed by atoms with Gasteiger partial charge in [0.1, 0.15) is 7.28 Å². The molecule has 0 atom stereocenters. The second kappa shape index (κ2) is 15.2. The minimum Gasteiger partial charge on any atom is -0.0686 e. The molecule has 0 spiro atoms. The lowest BCUT2D eigenvalue weighted by atomic mass is 9.50. The summed E-state index contributed by atoms with van der Waals surface area (Å²) in [7, 11) is 2.87. The van der Waals surface area contributed by atoms with E-state index in [1.54, 1.807) is 0 Å². The topological polar surface area (TPSA) is 0 Å². The van der Waals surface area contributed by atoms with E-state index in [0.29, 0.717) is 0 Å². The maximum atomic E-state index is 2.87. The number of hydrogen-bond donors (Lipinski definition) is 0. The van der Waals surface area contributed by atoms with E-state index in [0.717, 1.165) is 11.6 Å². The first-order chi connectivity index (χ1) is 12.4. The molecular weight excluding hydrogens is 299 g/mol. The van der Waals surface area contributed by atoms with Gasteiger partial charge in [0, 0.05) is 0 Å². The third-order valence-corrected chi connectivity index (χ3v) is 6.84. The van der Waals surface area contributed by atoms with Gasteiger partial charge in [0.15, 0.2) is 0 Å². The van der Waals surface area contributed by atoms with Gasteiger partial charge in [-0.05, 0) is 0 Å². The van der Waals surface area contributed by atoms with E-state index < -0.39 is 0 Å². The molecule has 0 amide bonds. The van der Waals surface area contributed by atoms with Crippen LogP contribution in [0.1, 0.15) is 141 Å². The SMILES string of the molecule is [B](C1CCCCCCCCCCC1)C1CCCCCCCCCCC1. The Bertz CT molecular complexity index is 236. The lowest BCUT2D eigenvalue weighted by Gasteiger charge is -2.24. The quantitative estimate of drug-likeness (QED) is 0.438. The van der Waals surface area contributed by atoms with Crippen LogP contribution in [0.4, 0.5) is 0 Å². The van der Waals surface area contributed by atoms with Gasteiger partial charge in [-0.1, -0.05) is 153 Å². The van der Waals surface area contributed by atoms with Crippen LogP contribution in [-0.2, 0) is 0 Å². The summed E-state index contributed by atoms with van der Waals surface area (Å²) in [6.07, 6.45) is 32.9. The standard InChI is InChI=1S/C24H46B/c1-3-7-11-15-19-23(20-16-12-8-4-1)25-24-21-17-13-9-5-2-6-10-14-18-22-24/h23-24H,1-22H2. The fourth-order valence-electron chi connectivity index (χ4n) is 5.16. The Morgan fingerprint density at radius 1 is 0.280 bits per heavy atom. The van der Waals surface area contributed by atoms with E-state index in [1.165, 1.54) is 141 Å². The van der Waals surface area contributed by atoms with Gasteiger partial charge < -0.3 is 0 Å². The fraction of sp³-hybridized carbons (Fsp3) is 1.00. The van der Waals surface area contributed by atoms with Crippen LogP contribution in [0.3, 0.4) is 0 Å². The van der Waals surface area contributed by atoms with Gasteiger partial charge in [0.2, 0.25) is 0 Å². The van der Waals surface area contributed by atoms with Crippen molar-refractivity contribution >= 4 is 7.28 Å². The minimum atomic E-state index is 0.942. The molecule has 0 bridgehead atoms. The summed E-state index contributed by atoms with van der Waals surface area (Å²) < 4.78 is 0. The Balaban J connectivity index is 1.75. The highest BCUT2D eigenvalue weighted by atomic mass is 14.1. The van der Waals surface area contributed by atoms with E-state index in [-0.39, 0.29) is 0 Å². The Kier molecular flexibility index (Phi) is 13.0. The lowest BCUT2D eigenvalue weighted by molar-refractivity contribution is 0.485. The van der Waals surface area contributed by atoms with Crippen molar-refractivity contribution in [3.8, 4) is 0 Å². The van der Waals surface area contributed by atoms with E-state index in [4.69, 9.17) is 0 Å². The van der Waals surface area contributed by atoms with Crippen molar-refractivity contribution in [3.05, 3.63) is 0 Å². The average Bonchev–Trinajstić information content (AvgIpc) is 2.59. The van der Waals surface area contributed by atoms with Crippen molar-refractivity contribution in [1.82, 2.24) is 0 Å². The van der Waals surface area contributed by atoms with Gasteiger partial charge in [-0.3, -0.25) is 0 Å². The molecule has 2 fully saturated rings. The second-order valence-corrected chi connectivity index (χ2v) is 9.23. The largest absolute Gasteiger partial charge is 0.117 e. The molecule has 1 heteroatoms. The van der Waals surface area contributed by atoms with Crippen LogP contribution in [0.5, 0.6) is 0 Å². The minimum absolute atomic E-state index is 0.942. The second-order valence-electron chi connectivity index (χ2n) is 9.23. The van der Waals surface area contributed by atoms with Crippen molar-refractivity contribution in [2.45, 2.75) is 153 Å². The normalized spacial score (nSPS) is 25.8. The number of rotatable bonds is 2. The fourth-order valence-corrected chi connectivity index (χ4v) is 5.16. The van der Waals surface area contributed by atoms with Gasteiger partial charge in [0.25, 0.3) is 0 Å². The zero-order chi connectivity index (χ0) is 17.4. The average molecular weight is 345 g/mol. The van der Waals surface area contributed by atoms with Crippen LogP contribution in [0.15, 0.2) is 0 Å². The smallest absolute Gasteiger partial charge is 0.0686 e. The first kappa shape index (κ1) is 21.4. The van der Waals surface area contributed by atoms with Gasteiger partial charge in [-0.25, -0.2) is 0 Å². The number of hydrogen-bond acceptors (Lipinski definition) is 0. The van der Waals surface area contributed by atoms with E-state index in [2.05, 4.69) is 7.28 Å². The highest BCUT2D eigenvalue weighted by Crippen LogP contribution is 2.32. The summed E-state index contributed by atoms with van der Waals surface area (Å²) in [6.45, 7) is 0. The summed E-state index contributed by atoms with van der Waals surface area (Å²) in [6, 6.07) is 0. The molecule has 0 unspecified atom stereocenters. The maximum absolute atomic E-state index is 2.87. The molecule has 2 rings (SSSR count). The third kappa shape index (κ3) is 11.4. The molecule has 0 aromatic carbocycles. The van der Waals surface area contributed by atoms with Gasteiger partial charge in [0.05, 0.1) is 0 Å². The molecule has 0 N–H and O–H groups in total. The molecule has 25 heavy (non-hydrogen) atoms. The van der Waals surface area contributed by atoms with E-state index in [9.17, 15) is 0 Å². The zero-order valence-corrected chi connectivity index (χ0v) is 17.3. The van der Waals surface area contributed by atoms with Crippen molar-refractivity contribution in [3.63, 3.8) is 0 Å². The summed E-state index contributed by atoms with van der Waals surface area (Å²) in [4.78, 5) is 0. The molecule has 0 nitrogen and oxygen atoms in total. The Labute approximate surface area is 160 Å². The van der Waals surface area contributed by atoms with Gasteiger partial charge in [-0.15, -0.1) is 0 Å². The van der Waals surface area contributed by atoms with Crippen LogP contribution in [-0.4, -0.2) is 7.28 Å². The molecule has 0 aromatic heterocycles. The van der Waals surface area contributed by atoms with Crippen molar-refractivity contribution < 1.29 is 0 Å². The van der Waals surface area contributed by atoms with E-state index >= 15 is 0 Å². The molecular formula is C24H46B. The molecule has 0 aromatic rings. The zero-order valence-electron chi connectivity index (χ0n) is 17.3. The van der Waals surface area contributed by atoms with Gasteiger partial charge >= 0.3 is 0 Å². The molecule has 1 radical (unpaired) electrons. The Hall–Kier alpha value is 0.0649. The summed E-state index contributed by atoms with van der Waals surface area (Å²) in [5.74, 6) is 1.88. The lowest BCUT2D eigenvalue weighted by Crippen LogP contribution is -2.13. The van der Waals surface area contributed by atoms with Gasteiger partial charge in [-0.2, -0.15) is 0 Å². The van der Waals surface area contributed by atoms with Crippen LogP contribution < -0.4 is 0 Å². The molecule has 145 valence electrons. The first-order valence-electron chi connectivity index (χ1n) is 12.3. The maximum Gasteiger partial charge on any atom is 0.117 e. The highest BCUT2D eigenvalue weighted by molar-refractivity contribution is 6.39.